The molecule has 3 heterocycles. The van der Waals surface area contributed by atoms with Crippen LogP contribution in [0.3, 0.4) is 0 Å². The third kappa shape index (κ3) is 3.07. The summed E-state index contributed by atoms with van der Waals surface area (Å²) in [5, 5.41) is 4.33. The summed E-state index contributed by atoms with van der Waals surface area (Å²) in [6.07, 6.45) is 3.63. The highest BCUT2D eigenvalue weighted by atomic mass is 16.5. The van der Waals surface area contributed by atoms with Crippen LogP contribution in [0.2, 0.25) is 0 Å². The Bertz CT molecular complexity index is 955. The first-order valence-corrected chi connectivity index (χ1v) is 9.42. The Balaban J connectivity index is 1.78. The Morgan fingerprint density at radius 1 is 1.15 bits per heavy atom. The van der Waals surface area contributed by atoms with E-state index in [4.69, 9.17) is 9.72 Å². The van der Waals surface area contributed by atoms with E-state index in [0.717, 1.165) is 40.9 Å². The van der Waals surface area contributed by atoms with Gasteiger partial charge in [-0.25, -0.2) is 14.6 Å². The Morgan fingerprint density at radius 3 is 2.70 bits per heavy atom. The highest BCUT2D eigenvalue weighted by Crippen LogP contribution is 2.36. The van der Waals surface area contributed by atoms with Crippen LogP contribution in [-0.2, 0) is 6.54 Å². The van der Waals surface area contributed by atoms with Gasteiger partial charge in [-0.05, 0) is 39.8 Å². The molecule has 0 bridgehead atoms. The molecule has 0 saturated carbocycles. The molecule has 1 aliphatic heterocycles. The van der Waals surface area contributed by atoms with Gasteiger partial charge in [0.25, 0.3) is 0 Å². The molecule has 1 aromatic carbocycles. The van der Waals surface area contributed by atoms with Crippen molar-refractivity contribution >= 4 is 5.69 Å². The second-order valence-corrected chi connectivity index (χ2v) is 7.50. The Morgan fingerprint density at radius 2 is 1.96 bits per heavy atom. The summed E-state index contributed by atoms with van der Waals surface area (Å²) in [5.74, 6) is 2.58. The van der Waals surface area contributed by atoms with Crippen molar-refractivity contribution in [2.75, 3.05) is 18.6 Å². The molecule has 0 fully saturated rings. The van der Waals surface area contributed by atoms with Gasteiger partial charge in [0.05, 0.1) is 12.1 Å². The van der Waals surface area contributed by atoms with Gasteiger partial charge >= 0.3 is 0 Å². The molecule has 7 heteroatoms. The van der Waals surface area contributed by atoms with Crippen molar-refractivity contribution in [1.29, 1.82) is 0 Å². The van der Waals surface area contributed by atoms with Gasteiger partial charge in [-0.15, -0.1) is 0 Å². The molecule has 7 nitrogen and oxygen atoms in total. The van der Waals surface area contributed by atoms with Crippen molar-refractivity contribution < 1.29 is 4.74 Å². The fraction of sp³-hybridized carbons (Fsp3) is 0.450. The molecule has 0 unspecified atom stereocenters. The van der Waals surface area contributed by atoms with Gasteiger partial charge in [-0.3, -0.25) is 0 Å². The lowest BCUT2D eigenvalue weighted by Gasteiger charge is -2.24. The van der Waals surface area contributed by atoms with E-state index >= 15 is 0 Å². The quantitative estimate of drug-likeness (QED) is 0.706. The predicted octanol–water partition coefficient (Wildman–Crippen LogP) is 3.63. The van der Waals surface area contributed by atoms with Gasteiger partial charge in [-0.1, -0.05) is 0 Å². The lowest BCUT2D eigenvalue weighted by atomic mass is 10.1. The number of rotatable bonds is 4. The summed E-state index contributed by atoms with van der Waals surface area (Å²) in [7, 11) is 2.10. The molecule has 142 valence electrons. The Hall–Kier alpha value is -2.83. The number of ether oxygens (including phenoxy) is 1. The molecule has 0 atom stereocenters. The molecule has 0 spiro atoms. The standard InChI is InChI=1S/C20H26N6O/c1-13(2)24(5)15-6-7-16-18(10-15)27-9-8-25-11-17(23-19(16)25)20-21-12-22-26(20)14(3)4/h6-7,10-14H,8-9H2,1-5H3. The largest absolute Gasteiger partial charge is 0.491 e. The molecule has 2 aromatic heterocycles. The number of fused-ring (bicyclic) bond motifs is 3. The lowest BCUT2D eigenvalue weighted by molar-refractivity contribution is 0.306. The zero-order valence-electron chi connectivity index (χ0n) is 16.5. The first kappa shape index (κ1) is 17.6. The zero-order chi connectivity index (χ0) is 19.1. The van der Waals surface area contributed by atoms with Crippen molar-refractivity contribution in [3.8, 4) is 28.7 Å². The highest BCUT2D eigenvalue weighted by Gasteiger charge is 2.22. The third-order valence-electron chi connectivity index (χ3n) is 5.05. The van der Waals surface area contributed by atoms with Crippen molar-refractivity contribution in [2.24, 2.45) is 0 Å². The first-order valence-electron chi connectivity index (χ1n) is 9.42. The Labute approximate surface area is 159 Å². The minimum absolute atomic E-state index is 0.230. The Kier molecular flexibility index (Phi) is 4.37. The predicted molar refractivity (Wildman–Crippen MR) is 106 cm³/mol. The number of anilines is 1. The van der Waals surface area contributed by atoms with Crippen molar-refractivity contribution in [3.63, 3.8) is 0 Å². The molecule has 1 aliphatic rings. The number of benzene rings is 1. The number of hydrogen-bond donors (Lipinski definition) is 0. The van der Waals surface area contributed by atoms with E-state index in [1.807, 2.05) is 10.9 Å². The maximum atomic E-state index is 6.03. The minimum atomic E-state index is 0.230. The van der Waals surface area contributed by atoms with E-state index in [1.165, 1.54) is 0 Å². The van der Waals surface area contributed by atoms with Crippen molar-refractivity contribution in [2.45, 2.75) is 46.3 Å². The maximum absolute atomic E-state index is 6.03. The molecule has 0 radical (unpaired) electrons. The van der Waals surface area contributed by atoms with Crippen LogP contribution in [0.25, 0.3) is 22.9 Å². The average Bonchev–Trinajstić information content (AvgIpc) is 3.25. The SMILES string of the molecule is CC(C)N(C)c1ccc2c(c1)OCCn1cc(-c3ncnn3C(C)C)nc1-2. The molecule has 0 saturated heterocycles. The molecule has 0 aliphatic carbocycles. The van der Waals surface area contributed by atoms with Crippen molar-refractivity contribution in [3.05, 3.63) is 30.7 Å². The molecule has 0 amide bonds. The zero-order valence-corrected chi connectivity index (χ0v) is 16.5. The van der Waals surface area contributed by atoms with E-state index in [-0.39, 0.29) is 6.04 Å². The number of aromatic nitrogens is 5. The number of imidazole rings is 1. The summed E-state index contributed by atoms with van der Waals surface area (Å²) < 4.78 is 10.1. The molecular formula is C20H26N6O. The molecule has 27 heavy (non-hydrogen) atoms. The number of hydrogen-bond acceptors (Lipinski definition) is 5. The molecular weight excluding hydrogens is 340 g/mol. The summed E-state index contributed by atoms with van der Waals surface area (Å²) in [5.41, 5.74) is 2.99. The molecule has 0 N–H and O–H groups in total. The van der Waals surface area contributed by atoms with E-state index < -0.39 is 0 Å². The summed E-state index contributed by atoms with van der Waals surface area (Å²) in [6.45, 7) is 9.90. The smallest absolute Gasteiger partial charge is 0.178 e. The first-order chi connectivity index (χ1) is 13.0. The van der Waals surface area contributed by atoms with Crippen LogP contribution in [-0.4, -0.2) is 44.0 Å². The van der Waals surface area contributed by atoms with Gasteiger partial charge in [-0.2, -0.15) is 5.10 Å². The van der Waals surface area contributed by atoms with Gasteiger partial charge in [0.2, 0.25) is 0 Å². The fourth-order valence-electron chi connectivity index (χ4n) is 3.31. The summed E-state index contributed by atoms with van der Waals surface area (Å²) >= 11 is 0. The minimum Gasteiger partial charge on any atom is -0.491 e. The van der Waals surface area contributed by atoms with Gasteiger partial charge in [0, 0.05) is 37.1 Å². The van der Waals surface area contributed by atoms with Gasteiger partial charge < -0.3 is 14.2 Å². The second kappa shape index (κ2) is 6.72. The van der Waals surface area contributed by atoms with E-state index in [1.54, 1.807) is 6.33 Å². The third-order valence-corrected chi connectivity index (χ3v) is 5.05. The van der Waals surface area contributed by atoms with Crippen LogP contribution in [0.15, 0.2) is 30.7 Å². The summed E-state index contributed by atoms with van der Waals surface area (Å²) in [4.78, 5) is 11.6. The van der Waals surface area contributed by atoms with Crippen molar-refractivity contribution in [1.82, 2.24) is 24.3 Å². The van der Waals surface area contributed by atoms with Crippen LogP contribution in [0.4, 0.5) is 5.69 Å². The fourth-order valence-corrected chi connectivity index (χ4v) is 3.31. The number of nitrogens with zero attached hydrogens (tertiary/aromatic N) is 6. The van der Waals surface area contributed by atoms with E-state index in [2.05, 4.69) is 72.5 Å². The normalized spacial score (nSPS) is 13.3. The van der Waals surface area contributed by atoms with Gasteiger partial charge in [0.15, 0.2) is 5.82 Å². The van der Waals surface area contributed by atoms with Crippen LogP contribution in [0.5, 0.6) is 5.75 Å². The van der Waals surface area contributed by atoms with Gasteiger partial charge in [0.1, 0.15) is 30.2 Å². The van der Waals surface area contributed by atoms with Crippen LogP contribution in [0, 0.1) is 0 Å². The van der Waals surface area contributed by atoms with Crippen LogP contribution >= 0.6 is 0 Å². The van der Waals surface area contributed by atoms with E-state index in [0.29, 0.717) is 12.6 Å². The van der Waals surface area contributed by atoms with Crippen LogP contribution < -0.4 is 9.64 Å². The van der Waals surface area contributed by atoms with E-state index in [9.17, 15) is 0 Å². The molecule has 3 aromatic rings. The average molecular weight is 366 g/mol. The topological polar surface area (TPSA) is 61.0 Å². The van der Waals surface area contributed by atoms with Crippen LogP contribution in [0.1, 0.15) is 33.7 Å². The second-order valence-electron chi connectivity index (χ2n) is 7.50. The molecule has 4 rings (SSSR count). The monoisotopic (exact) mass is 366 g/mol. The maximum Gasteiger partial charge on any atom is 0.178 e. The highest BCUT2D eigenvalue weighted by molar-refractivity contribution is 5.72. The summed E-state index contributed by atoms with van der Waals surface area (Å²) in [6, 6.07) is 6.99. The lowest BCUT2D eigenvalue weighted by Crippen LogP contribution is -2.25.